The number of benzene rings is 1. The Bertz CT molecular complexity index is 896. The Kier molecular flexibility index (Phi) is 6.02. The van der Waals surface area contributed by atoms with Gasteiger partial charge in [-0.1, -0.05) is 6.08 Å². The first-order chi connectivity index (χ1) is 11.8. The number of carboxylic acids is 1. The standard InChI is InChI=1S/C16H13BrF2N2O4/c1-9-20-15(25-8-10-4-5-11(18)7-12(10)19)14(17)16(24)21(9)6-2-3-13(22)23/h2-5,7H,6,8H2,1H3,(H,22,23)/b3-2+. The highest BCUT2D eigenvalue weighted by Gasteiger charge is 2.14. The van der Waals surface area contributed by atoms with Crippen LogP contribution in [0.15, 0.2) is 39.6 Å². The van der Waals surface area contributed by atoms with E-state index >= 15 is 0 Å². The number of aryl methyl sites for hydroxylation is 1. The minimum Gasteiger partial charge on any atom is -0.478 e. The average molecular weight is 415 g/mol. The zero-order valence-electron chi connectivity index (χ0n) is 13.0. The molecule has 1 aromatic carbocycles. The van der Waals surface area contributed by atoms with Gasteiger partial charge in [0.1, 0.15) is 28.5 Å². The Labute approximate surface area is 149 Å². The largest absolute Gasteiger partial charge is 0.478 e. The van der Waals surface area contributed by atoms with E-state index in [1.807, 2.05) is 0 Å². The molecule has 0 saturated carbocycles. The van der Waals surface area contributed by atoms with Crippen molar-refractivity contribution in [1.29, 1.82) is 0 Å². The third kappa shape index (κ3) is 4.72. The van der Waals surface area contributed by atoms with E-state index in [1.165, 1.54) is 16.7 Å². The molecule has 0 aliphatic rings. The number of aromatic nitrogens is 2. The van der Waals surface area contributed by atoms with Gasteiger partial charge in [-0.15, -0.1) is 0 Å². The Morgan fingerprint density at radius 2 is 2.16 bits per heavy atom. The molecule has 1 aromatic heterocycles. The Morgan fingerprint density at radius 1 is 1.44 bits per heavy atom. The lowest BCUT2D eigenvalue weighted by atomic mass is 10.2. The number of hydrogen-bond acceptors (Lipinski definition) is 4. The van der Waals surface area contributed by atoms with Gasteiger partial charge in [-0.05, 0) is 35.0 Å². The van der Waals surface area contributed by atoms with Crippen LogP contribution in [0, 0.1) is 18.6 Å². The van der Waals surface area contributed by atoms with Crippen molar-refractivity contribution in [3.8, 4) is 5.88 Å². The number of aliphatic carboxylic acids is 1. The van der Waals surface area contributed by atoms with Crippen molar-refractivity contribution in [2.24, 2.45) is 0 Å². The summed E-state index contributed by atoms with van der Waals surface area (Å²) in [6, 6.07) is 3.07. The molecule has 1 heterocycles. The van der Waals surface area contributed by atoms with E-state index in [-0.39, 0.29) is 34.9 Å². The zero-order chi connectivity index (χ0) is 18.6. The number of allylic oxidation sites excluding steroid dienone is 1. The summed E-state index contributed by atoms with van der Waals surface area (Å²) in [4.78, 5) is 26.9. The molecule has 1 N–H and O–H groups in total. The fourth-order valence-electron chi connectivity index (χ4n) is 1.97. The van der Waals surface area contributed by atoms with Gasteiger partial charge in [0.2, 0.25) is 5.88 Å². The third-order valence-electron chi connectivity index (χ3n) is 3.20. The second kappa shape index (κ2) is 8.02. The Balaban J connectivity index is 2.22. The van der Waals surface area contributed by atoms with Crippen LogP contribution in [0.2, 0.25) is 0 Å². The van der Waals surface area contributed by atoms with Gasteiger partial charge < -0.3 is 9.84 Å². The fraction of sp³-hybridized carbons (Fsp3) is 0.188. The number of halogens is 3. The summed E-state index contributed by atoms with van der Waals surface area (Å²) in [5.74, 6) is -2.34. The lowest BCUT2D eigenvalue weighted by molar-refractivity contribution is -0.131. The molecule has 0 radical (unpaired) electrons. The molecule has 132 valence electrons. The van der Waals surface area contributed by atoms with Crippen LogP contribution in [-0.2, 0) is 17.9 Å². The second-order valence-corrected chi connectivity index (χ2v) is 5.75. The SMILES string of the molecule is Cc1nc(OCc2ccc(F)cc2F)c(Br)c(=O)n1C/C=C/C(=O)O. The highest BCUT2D eigenvalue weighted by Crippen LogP contribution is 2.20. The predicted octanol–water partition coefficient (Wildman–Crippen LogP) is 2.81. The number of carbonyl (C=O) groups is 1. The van der Waals surface area contributed by atoms with Crippen molar-refractivity contribution < 1.29 is 23.4 Å². The second-order valence-electron chi connectivity index (χ2n) is 4.96. The van der Waals surface area contributed by atoms with Gasteiger partial charge in [-0.3, -0.25) is 9.36 Å². The number of rotatable bonds is 6. The summed E-state index contributed by atoms with van der Waals surface area (Å²) < 4.78 is 33.1. The highest BCUT2D eigenvalue weighted by atomic mass is 79.9. The minimum atomic E-state index is -1.13. The van der Waals surface area contributed by atoms with Gasteiger partial charge in [0.25, 0.3) is 5.56 Å². The molecule has 9 heteroatoms. The van der Waals surface area contributed by atoms with Crippen molar-refractivity contribution >= 4 is 21.9 Å². The molecule has 0 spiro atoms. The molecule has 0 fully saturated rings. The van der Waals surface area contributed by atoms with E-state index in [1.54, 1.807) is 6.92 Å². The molecule has 0 saturated heterocycles. The molecule has 2 aromatic rings. The summed E-state index contributed by atoms with van der Waals surface area (Å²) in [7, 11) is 0. The van der Waals surface area contributed by atoms with Crippen LogP contribution in [0.1, 0.15) is 11.4 Å². The predicted molar refractivity (Wildman–Crippen MR) is 88.4 cm³/mol. The maximum Gasteiger partial charge on any atom is 0.328 e. The summed E-state index contributed by atoms with van der Waals surface area (Å²) in [5, 5.41) is 8.57. The van der Waals surface area contributed by atoms with Crippen LogP contribution in [-0.4, -0.2) is 20.6 Å². The number of nitrogens with zero attached hydrogens (tertiary/aromatic N) is 2. The fourth-order valence-corrected chi connectivity index (χ4v) is 2.38. The van der Waals surface area contributed by atoms with Gasteiger partial charge in [0, 0.05) is 24.3 Å². The zero-order valence-corrected chi connectivity index (χ0v) is 14.6. The monoisotopic (exact) mass is 414 g/mol. The molecule has 0 aliphatic heterocycles. The highest BCUT2D eigenvalue weighted by molar-refractivity contribution is 9.10. The van der Waals surface area contributed by atoms with Crippen molar-refractivity contribution in [3.05, 3.63) is 68.2 Å². The Morgan fingerprint density at radius 3 is 2.80 bits per heavy atom. The van der Waals surface area contributed by atoms with Gasteiger partial charge in [-0.2, -0.15) is 4.98 Å². The lowest BCUT2D eigenvalue weighted by Gasteiger charge is -2.12. The van der Waals surface area contributed by atoms with Gasteiger partial charge in [0.05, 0.1) is 0 Å². The van der Waals surface area contributed by atoms with Crippen molar-refractivity contribution in [1.82, 2.24) is 9.55 Å². The maximum absolute atomic E-state index is 13.6. The lowest BCUT2D eigenvalue weighted by Crippen LogP contribution is -2.25. The smallest absolute Gasteiger partial charge is 0.328 e. The van der Waals surface area contributed by atoms with Gasteiger partial charge >= 0.3 is 5.97 Å². The molecule has 0 atom stereocenters. The average Bonchev–Trinajstić information content (AvgIpc) is 2.54. The van der Waals surface area contributed by atoms with Crippen LogP contribution < -0.4 is 10.3 Å². The first-order valence-electron chi connectivity index (χ1n) is 7.02. The molecular formula is C16H13BrF2N2O4. The molecular weight excluding hydrogens is 402 g/mol. The molecule has 0 aliphatic carbocycles. The van der Waals surface area contributed by atoms with E-state index in [0.29, 0.717) is 0 Å². The van der Waals surface area contributed by atoms with Crippen LogP contribution >= 0.6 is 15.9 Å². The van der Waals surface area contributed by atoms with Crippen LogP contribution in [0.5, 0.6) is 5.88 Å². The first kappa shape index (κ1) is 18.8. The van der Waals surface area contributed by atoms with Gasteiger partial charge in [-0.25, -0.2) is 13.6 Å². The molecule has 2 rings (SSSR count). The van der Waals surface area contributed by atoms with E-state index in [0.717, 1.165) is 18.2 Å². The minimum absolute atomic E-state index is 0.0179. The van der Waals surface area contributed by atoms with Crippen molar-refractivity contribution in [2.75, 3.05) is 0 Å². The van der Waals surface area contributed by atoms with Crippen LogP contribution in [0.4, 0.5) is 8.78 Å². The maximum atomic E-state index is 13.6. The van der Waals surface area contributed by atoms with E-state index < -0.39 is 23.2 Å². The first-order valence-corrected chi connectivity index (χ1v) is 7.82. The van der Waals surface area contributed by atoms with E-state index in [9.17, 15) is 18.4 Å². The summed E-state index contributed by atoms with van der Waals surface area (Å²) in [5.41, 5.74) is -0.363. The summed E-state index contributed by atoms with van der Waals surface area (Å²) in [6.07, 6.45) is 2.22. The quantitative estimate of drug-likeness (QED) is 0.734. The van der Waals surface area contributed by atoms with Crippen molar-refractivity contribution in [2.45, 2.75) is 20.1 Å². The topological polar surface area (TPSA) is 81.4 Å². The number of carboxylic acid groups (broad SMARTS) is 1. The van der Waals surface area contributed by atoms with Crippen LogP contribution in [0.25, 0.3) is 0 Å². The number of ether oxygens (including phenoxy) is 1. The van der Waals surface area contributed by atoms with Crippen LogP contribution in [0.3, 0.4) is 0 Å². The van der Waals surface area contributed by atoms with E-state index in [4.69, 9.17) is 9.84 Å². The Hall–Kier alpha value is -2.55. The molecule has 0 unspecified atom stereocenters. The molecule has 0 amide bonds. The number of hydrogen-bond donors (Lipinski definition) is 1. The van der Waals surface area contributed by atoms with E-state index in [2.05, 4.69) is 20.9 Å². The third-order valence-corrected chi connectivity index (χ3v) is 3.88. The normalized spacial score (nSPS) is 11.0. The van der Waals surface area contributed by atoms with Crippen molar-refractivity contribution in [3.63, 3.8) is 0 Å². The summed E-state index contributed by atoms with van der Waals surface area (Å²) in [6.45, 7) is 1.34. The summed E-state index contributed by atoms with van der Waals surface area (Å²) >= 11 is 3.07. The molecule has 0 bridgehead atoms. The molecule has 6 nitrogen and oxygen atoms in total. The molecule has 25 heavy (non-hydrogen) atoms. The van der Waals surface area contributed by atoms with Gasteiger partial charge in [0.15, 0.2) is 0 Å².